The fourth-order valence-corrected chi connectivity index (χ4v) is 2.77. The minimum Gasteiger partial charge on any atom is -0.493 e. The fourth-order valence-electron chi connectivity index (χ4n) is 2.77. The van der Waals surface area contributed by atoms with Crippen molar-refractivity contribution in [3.63, 3.8) is 0 Å². The molecule has 2 N–H and O–H groups in total. The molecule has 1 unspecified atom stereocenters. The van der Waals surface area contributed by atoms with E-state index in [1.54, 1.807) is 14.2 Å². The van der Waals surface area contributed by atoms with E-state index < -0.39 is 5.54 Å². The zero-order valence-corrected chi connectivity index (χ0v) is 14.3. The van der Waals surface area contributed by atoms with Crippen LogP contribution in [-0.2, 0) is 4.79 Å². The molecule has 1 aliphatic carbocycles. The summed E-state index contributed by atoms with van der Waals surface area (Å²) in [5, 5.41) is 0. The second-order valence-electron chi connectivity index (χ2n) is 6.06. The highest BCUT2D eigenvalue weighted by Gasteiger charge is 2.37. The standard InChI is InChI=1S/C17H23NO3.ClH/c1-17(2,18)13-7-6-12(16(13)19)9-11-5-8-14(20-3)15(10-11)21-4;/h5,8-10,13H,6-7,18H2,1-4H3;1H/b12-9-;. The van der Waals surface area contributed by atoms with E-state index in [4.69, 9.17) is 15.2 Å². The Balaban J connectivity index is 0.00000242. The number of ketones is 1. The van der Waals surface area contributed by atoms with Crippen LogP contribution in [0.15, 0.2) is 23.8 Å². The summed E-state index contributed by atoms with van der Waals surface area (Å²) in [7, 11) is 3.20. The van der Waals surface area contributed by atoms with E-state index in [0.29, 0.717) is 11.5 Å². The number of hydrogen-bond donors (Lipinski definition) is 1. The summed E-state index contributed by atoms with van der Waals surface area (Å²) in [6.45, 7) is 3.82. The van der Waals surface area contributed by atoms with Gasteiger partial charge in [-0.1, -0.05) is 6.07 Å². The number of ether oxygens (including phenoxy) is 2. The first kappa shape index (κ1) is 18.5. The second-order valence-corrected chi connectivity index (χ2v) is 6.06. The first-order valence-corrected chi connectivity index (χ1v) is 7.12. The molecular weight excluding hydrogens is 302 g/mol. The summed E-state index contributed by atoms with van der Waals surface area (Å²) < 4.78 is 10.5. The lowest BCUT2D eigenvalue weighted by Crippen LogP contribution is -2.42. The summed E-state index contributed by atoms with van der Waals surface area (Å²) >= 11 is 0. The molecule has 0 spiro atoms. The Labute approximate surface area is 138 Å². The lowest BCUT2D eigenvalue weighted by atomic mass is 9.86. The highest BCUT2D eigenvalue weighted by atomic mass is 35.5. The van der Waals surface area contributed by atoms with Crippen LogP contribution in [0.5, 0.6) is 11.5 Å². The van der Waals surface area contributed by atoms with E-state index in [1.165, 1.54) is 0 Å². The molecule has 2 rings (SSSR count). The monoisotopic (exact) mass is 325 g/mol. The second kappa shape index (κ2) is 7.16. The maximum absolute atomic E-state index is 12.4. The Hall–Kier alpha value is -1.52. The predicted octanol–water partition coefficient (Wildman–Crippen LogP) is 3.23. The van der Waals surface area contributed by atoms with Gasteiger partial charge in [0.05, 0.1) is 14.2 Å². The average molecular weight is 326 g/mol. The average Bonchev–Trinajstić information content (AvgIpc) is 2.80. The summed E-state index contributed by atoms with van der Waals surface area (Å²) in [6, 6.07) is 5.64. The molecule has 0 aromatic heterocycles. The van der Waals surface area contributed by atoms with Gasteiger partial charge in [-0.2, -0.15) is 0 Å². The number of hydrogen-bond acceptors (Lipinski definition) is 4. The number of carbonyl (C=O) groups is 1. The number of rotatable bonds is 4. The number of benzene rings is 1. The lowest BCUT2D eigenvalue weighted by Gasteiger charge is -2.24. The van der Waals surface area contributed by atoms with Crippen LogP contribution in [0.1, 0.15) is 32.3 Å². The van der Waals surface area contributed by atoms with Gasteiger partial charge in [0.15, 0.2) is 17.3 Å². The summed E-state index contributed by atoms with van der Waals surface area (Å²) in [5.74, 6) is 1.41. The molecule has 1 saturated carbocycles. The van der Waals surface area contributed by atoms with Crippen LogP contribution < -0.4 is 15.2 Å². The summed E-state index contributed by atoms with van der Waals surface area (Å²) in [6.07, 6.45) is 3.52. The highest BCUT2D eigenvalue weighted by Crippen LogP contribution is 2.35. The van der Waals surface area contributed by atoms with Crippen molar-refractivity contribution < 1.29 is 14.3 Å². The van der Waals surface area contributed by atoms with E-state index in [0.717, 1.165) is 24.0 Å². The number of methoxy groups -OCH3 is 2. The fraction of sp³-hybridized carbons (Fsp3) is 0.471. The van der Waals surface area contributed by atoms with Gasteiger partial charge >= 0.3 is 0 Å². The molecule has 0 radical (unpaired) electrons. The summed E-state index contributed by atoms with van der Waals surface area (Å²) in [4.78, 5) is 12.4. The van der Waals surface area contributed by atoms with Crippen LogP contribution in [0.4, 0.5) is 0 Å². The number of halogens is 1. The molecule has 1 aromatic rings. The van der Waals surface area contributed by atoms with Gasteiger partial charge in [0.25, 0.3) is 0 Å². The van der Waals surface area contributed by atoms with Gasteiger partial charge in [0.1, 0.15) is 0 Å². The third-order valence-electron chi connectivity index (χ3n) is 3.98. The van der Waals surface area contributed by atoms with E-state index in [1.807, 2.05) is 38.1 Å². The molecule has 0 saturated heterocycles. The third kappa shape index (κ3) is 3.81. The van der Waals surface area contributed by atoms with Crippen molar-refractivity contribution in [3.05, 3.63) is 29.3 Å². The number of Topliss-reactive ketones (excluding diaryl/α,β-unsaturated/α-hetero) is 1. The molecule has 0 amide bonds. The van der Waals surface area contributed by atoms with Gasteiger partial charge in [-0.05, 0) is 56.0 Å². The maximum Gasteiger partial charge on any atom is 0.163 e. The van der Waals surface area contributed by atoms with Crippen molar-refractivity contribution in [1.29, 1.82) is 0 Å². The molecule has 5 heteroatoms. The topological polar surface area (TPSA) is 61.5 Å². The molecule has 4 nitrogen and oxygen atoms in total. The highest BCUT2D eigenvalue weighted by molar-refractivity contribution is 6.03. The van der Waals surface area contributed by atoms with Crippen LogP contribution in [0.2, 0.25) is 0 Å². The lowest BCUT2D eigenvalue weighted by molar-refractivity contribution is -0.119. The van der Waals surface area contributed by atoms with E-state index in [9.17, 15) is 4.79 Å². The molecule has 1 aromatic carbocycles. The Morgan fingerprint density at radius 1 is 1.23 bits per heavy atom. The quantitative estimate of drug-likeness (QED) is 0.863. The van der Waals surface area contributed by atoms with Gasteiger partial charge in [0, 0.05) is 11.5 Å². The van der Waals surface area contributed by atoms with Crippen LogP contribution in [0.3, 0.4) is 0 Å². The minimum atomic E-state index is -0.468. The van der Waals surface area contributed by atoms with Gasteiger partial charge in [-0.3, -0.25) is 4.79 Å². The van der Waals surface area contributed by atoms with Crippen molar-refractivity contribution in [2.24, 2.45) is 11.7 Å². The molecule has 22 heavy (non-hydrogen) atoms. The maximum atomic E-state index is 12.4. The smallest absolute Gasteiger partial charge is 0.163 e. The zero-order valence-electron chi connectivity index (χ0n) is 13.5. The molecule has 0 bridgehead atoms. The molecular formula is C17H24ClNO3. The molecule has 1 aliphatic rings. The molecule has 0 aliphatic heterocycles. The Morgan fingerprint density at radius 3 is 2.36 bits per heavy atom. The first-order valence-electron chi connectivity index (χ1n) is 7.12. The Bertz CT molecular complexity index is 576. The van der Waals surface area contributed by atoms with Crippen LogP contribution in [-0.4, -0.2) is 25.5 Å². The van der Waals surface area contributed by atoms with Crippen LogP contribution in [0, 0.1) is 5.92 Å². The van der Waals surface area contributed by atoms with Crippen LogP contribution in [0.25, 0.3) is 6.08 Å². The van der Waals surface area contributed by atoms with Gasteiger partial charge in [-0.15, -0.1) is 12.4 Å². The number of carbonyl (C=O) groups excluding carboxylic acids is 1. The molecule has 1 fully saturated rings. The van der Waals surface area contributed by atoms with Crippen LogP contribution >= 0.6 is 12.4 Å². The summed E-state index contributed by atoms with van der Waals surface area (Å²) in [5.41, 5.74) is 7.39. The van der Waals surface area contributed by atoms with Crippen molar-refractivity contribution in [2.75, 3.05) is 14.2 Å². The van der Waals surface area contributed by atoms with Gasteiger partial charge in [0.2, 0.25) is 0 Å². The largest absolute Gasteiger partial charge is 0.493 e. The van der Waals surface area contributed by atoms with E-state index in [-0.39, 0.29) is 24.1 Å². The van der Waals surface area contributed by atoms with Gasteiger partial charge < -0.3 is 15.2 Å². The van der Waals surface area contributed by atoms with Crippen molar-refractivity contribution in [1.82, 2.24) is 0 Å². The molecule has 1 atom stereocenters. The molecule has 122 valence electrons. The Morgan fingerprint density at radius 2 is 1.86 bits per heavy atom. The zero-order chi connectivity index (χ0) is 15.6. The van der Waals surface area contributed by atoms with Crippen molar-refractivity contribution in [2.45, 2.75) is 32.2 Å². The third-order valence-corrected chi connectivity index (χ3v) is 3.98. The predicted molar refractivity (Wildman–Crippen MR) is 90.8 cm³/mol. The first-order chi connectivity index (χ1) is 9.86. The minimum absolute atomic E-state index is 0. The SMILES string of the molecule is COc1ccc(/C=C2/CCC(C(C)(C)N)C2=O)cc1OC.Cl. The molecule has 0 heterocycles. The number of nitrogens with two attached hydrogens (primary N) is 1. The normalized spacial score (nSPS) is 20.0. The van der Waals surface area contributed by atoms with Gasteiger partial charge in [-0.25, -0.2) is 0 Å². The van der Waals surface area contributed by atoms with E-state index in [2.05, 4.69) is 0 Å². The number of allylic oxidation sites excluding steroid dienone is 1. The van der Waals surface area contributed by atoms with E-state index >= 15 is 0 Å². The Kier molecular flexibility index (Phi) is 6.03. The van der Waals surface area contributed by atoms with Crippen molar-refractivity contribution >= 4 is 24.3 Å². The van der Waals surface area contributed by atoms with Crippen molar-refractivity contribution in [3.8, 4) is 11.5 Å².